The van der Waals surface area contributed by atoms with Gasteiger partial charge in [0, 0.05) is 18.0 Å². The monoisotopic (exact) mass is 296 g/mol. The minimum Gasteiger partial charge on any atom is -0.306 e. The van der Waals surface area contributed by atoms with Crippen molar-refractivity contribution in [1.29, 1.82) is 0 Å². The Morgan fingerprint density at radius 2 is 1.95 bits per heavy atom. The Labute approximate surface area is 121 Å². The number of hydrogen-bond acceptors (Lipinski definition) is 2. The third-order valence-electron chi connectivity index (χ3n) is 3.14. The average Bonchev–Trinajstić information content (AvgIpc) is 2.44. The van der Waals surface area contributed by atoms with Crippen LogP contribution >= 0.6 is 11.6 Å². The number of pyridine rings is 1. The fraction of sp³-hybridized carbons (Fsp3) is 0.267. The van der Waals surface area contributed by atoms with Crippen LogP contribution in [-0.4, -0.2) is 11.5 Å². The van der Waals surface area contributed by atoms with Crippen molar-refractivity contribution in [2.24, 2.45) is 0 Å². The Morgan fingerprint density at radius 3 is 2.60 bits per heavy atom. The molecule has 0 saturated carbocycles. The van der Waals surface area contributed by atoms with Crippen molar-refractivity contribution in [3.63, 3.8) is 0 Å². The standard InChI is InChI=1S/C15H15ClF2N2/c1-3-20-15(10-6-7-19-8-12(10)16)11-5-4-9(2)13(17)14(11)18/h4-8,15,20H,3H2,1-2H3. The van der Waals surface area contributed by atoms with Gasteiger partial charge < -0.3 is 5.32 Å². The normalized spacial score (nSPS) is 12.4. The SMILES string of the molecule is CCNC(c1ccncc1Cl)c1ccc(C)c(F)c1F. The van der Waals surface area contributed by atoms with Crippen molar-refractivity contribution in [1.82, 2.24) is 10.3 Å². The van der Waals surface area contributed by atoms with Gasteiger partial charge in [-0.15, -0.1) is 0 Å². The van der Waals surface area contributed by atoms with Crippen LogP contribution in [0.3, 0.4) is 0 Å². The molecule has 2 rings (SSSR count). The predicted octanol–water partition coefficient (Wildman–Crippen LogP) is 4.02. The van der Waals surface area contributed by atoms with Crippen molar-refractivity contribution in [2.75, 3.05) is 6.54 Å². The maximum Gasteiger partial charge on any atom is 0.164 e. The highest BCUT2D eigenvalue weighted by atomic mass is 35.5. The summed E-state index contributed by atoms with van der Waals surface area (Å²) in [4.78, 5) is 3.91. The molecule has 2 aromatic rings. The zero-order chi connectivity index (χ0) is 14.7. The van der Waals surface area contributed by atoms with E-state index in [1.54, 1.807) is 24.4 Å². The van der Waals surface area contributed by atoms with Gasteiger partial charge in [0.05, 0.1) is 11.1 Å². The summed E-state index contributed by atoms with van der Waals surface area (Å²) in [6.45, 7) is 4.02. The Hall–Kier alpha value is -1.52. The van der Waals surface area contributed by atoms with Crippen LogP contribution in [0.5, 0.6) is 0 Å². The second-order valence-corrected chi connectivity index (χ2v) is 4.89. The second kappa shape index (κ2) is 6.29. The van der Waals surface area contributed by atoms with Gasteiger partial charge in [-0.05, 0) is 30.7 Å². The smallest absolute Gasteiger partial charge is 0.164 e. The summed E-state index contributed by atoms with van der Waals surface area (Å²) < 4.78 is 27.9. The van der Waals surface area contributed by atoms with Crippen LogP contribution in [0.25, 0.3) is 0 Å². The van der Waals surface area contributed by atoms with Gasteiger partial charge >= 0.3 is 0 Å². The van der Waals surface area contributed by atoms with Crippen molar-refractivity contribution < 1.29 is 8.78 Å². The Morgan fingerprint density at radius 1 is 1.20 bits per heavy atom. The van der Waals surface area contributed by atoms with Crippen molar-refractivity contribution >= 4 is 11.6 Å². The summed E-state index contributed by atoms with van der Waals surface area (Å²) in [5, 5.41) is 3.54. The molecule has 2 nitrogen and oxygen atoms in total. The highest BCUT2D eigenvalue weighted by molar-refractivity contribution is 6.31. The van der Waals surface area contributed by atoms with Crippen molar-refractivity contribution in [2.45, 2.75) is 19.9 Å². The molecule has 0 fully saturated rings. The largest absolute Gasteiger partial charge is 0.306 e. The number of hydrogen-bond donors (Lipinski definition) is 1. The number of rotatable bonds is 4. The lowest BCUT2D eigenvalue weighted by Gasteiger charge is -2.21. The maximum absolute atomic E-state index is 14.2. The number of nitrogens with zero attached hydrogens (tertiary/aromatic N) is 1. The molecule has 1 aromatic carbocycles. The number of benzene rings is 1. The summed E-state index contributed by atoms with van der Waals surface area (Å²) in [7, 11) is 0. The molecule has 0 aliphatic carbocycles. The molecule has 0 aliphatic heterocycles. The van der Waals surface area contributed by atoms with E-state index in [0.717, 1.165) is 0 Å². The highest BCUT2D eigenvalue weighted by Gasteiger charge is 2.22. The fourth-order valence-electron chi connectivity index (χ4n) is 2.10. The first-order valence-corrected chi connectivity index (χ1v) is 6.71. The van der Waals surface area contributed by atoms with Gasteiger partial charge in [0.15, 0.2) is 11.6 Å². The van der Waals surface area contributed by atoms with Crippen LogP contribution in [-0.2, 0) is 0 Å². The summed E-state index contributed by atoms with van der Waals surface area (Å²) in [5.41, 5.74) is 1.19. The van der Waals surface area contributed by atoms with Gasteiger partial charge in [-0.1, -0.05) is 30.7 Å². The van der Waals surface area contributed by atoms with Gasteiger partial charge in [-0.3, -0.25) is 4.98 Å². The molecule has 1 N–H and O–H groups in total. The van der Waals surface area contributed by atoms with Crippen LogP contribution in [0.1, 0.15) is 29.7 Å². The molecule has 20 heavy (non-hydrogen) atoms. The summed E-state index contributed by atoms with van der Waals surface area (Å²) in [6.07, 6.45) is 3.07. The van der Waals surface area contributed by atoms with E-state index >= 15 is 0 Å². The van der Waals surface area contributed by atoms with Crippen LogP contribution in [0.4, 0.5) is 8.78 Å². The van der Waals surface area contributed by atoms with E-state index in [2.05, 4.69) is 10.3 Å². The number of aromatic nitrogens is 1. The topological polar surface area (TPSA) is 24.9 Å². The van der Waals surface area contributed by atoms with Crippen molar-refractivity contribution in [3.05, 3.63) is 63.9 Å². The van der Waals surface area contributed by atoms with Crippen LogP contribution in [0, 0.1) is 18.6 Å². The van der Waals surface area contributed by atoms with Gasteiger partial charge in [0.1, 0.15) is 0 Å². The molecule has 5 heteroatoms. The lowest BCUT2D eigenvalue weighted by Crippen LogP contribution is -2.24. The predicted molar refractivity (Wildman–Crippen MR) is 75.9 cm³/mol. The van der Waals surface area contributed by atoms with E-state index in [-0.39, 0.29) is 11.1 Å². The first-order valence-electron chi connectivity index (χ1n) is 6.33. The summed E-state index contributed by atoms with van der Waals surface area (Å²) in [5.74, 6) is -1.67. The second-order valence-electron chi connectivity index (χ2n) is 4.49. The van der Waals surface area contributed by atoms with E-state index in [1.807, 2.05) is 6.92 Å². The number of nitrogens with one attached hydrogen (secondary N) is 1. The molecule has 0 amide bonds. The van der Waals surface area contributed by atoms with Crippen LogP contribution in [0.15, 0.2) is 30.6 Å². The van der Waals surface area contributed by atoms with Crippen molar-refractivity contribution in [3.8, 4) is 0 Å². The number of halogens is 3. The van der Waals surface area contributed by atoms with Gasteiger partial charge in [0.2, 0.25) is 0 Å². The molecule has 0 spiro atoms. The molecule has 0 saturated heterocycles. The highest BCUT2D eigenvalue weighted by Crippen LogP contribution is 2.30. The van der Waals surface area contributed by atoms with Crippen LogP contribution in [0.2, 0.25) is 5.02 Å². The van der Waals surface area contributed by atoms with E-state index in [9.17, 15) is 8.78 Å². The molecular weight excluding hydrogens is 282 g/mol. The number of aryl methyl sites for hydroxylation is 1. The Bertz CT molecular complexity index is 617. The minimum atomic E-state index is -0.844. The molecule has 1 heterocycles. The maximum atomic E-state index is 14.2. The average molecular weight is 297 g/mol. The molecule has 1 aromatic heterocycles. The third-order valence-corrected chi connectivity index (χ3v) is 3.46. The lowest BCUT2D eigenvalue weighted by molar-refractivity contribution is 0.478. The Balaban J connectivity index is 2.55. The van der Waals surface area contributed by atoms with Gasteiger partial charge in [-0.2, -0.15) is 0 Å². The Kier molecular flexibility index (Phi) is 4.68. The molecule has 1 atom stereocenters. The summed E-state index contributed by atoms with van der Waals surface area (Å²) in [6, 6.07) is 4.34. The van der Waals surface area contributed by atoms with E-state index in [1.165, 1.54) is 13.1 Å². The quantitative estimate of drug-likeness (QED) is 0.922. The van der Waals surface area contributed by atoms with E-state index in [4.69, 9.17) is 11.6 Å². The van der Waals surface area contributed by atoms with Crippen LogP contribution < -0.4 is 5.32 Å². The third kappa shape index (κ3) is 2.81. The lowest BCUT2D eigenvalue weighted by atomic mass is 9.97. The minimum absolute atomic E-state index is 0.239. The zero-order valence-corrected chi connectivity index (χ0v) is 12.0. The summed E-state index contributed by atoms with van der Waals surface area (Å²) >= 11 is 6.11. The molecule has 106 valence electrons. The molecule has 0 bridgehead atoms. The molecule has 0 aliphatic rings. The van der Waals surface area contributed by atoms with E-state index in [0.29, 0.717) is 17.1 Å². The molecule has 0 radical (unpaired) electrons. The van der Waals surface area contributed by atoms with E-state index < -0.39 is 17.7 Å². The molecule has 1 unspecified atom stereocenters. The first kappa shape index (κ1) is 14.9. The molecular formula is C15H15ClF2N2. The fourth-order valence-corrected chi connectivity index (χ4v) is 2.32. The van der Waals surface area contributed by atoms with Gasteiger partial charge in [0.25, 0.3) is 0 Å². The zero-order valence-electron chi connectivity index (χ0n) is 11.3. The van der Waals surface area contributed by atoms with Gasteiger partial charge in [-0.25, -0.2) is 8.78 Å². The first-order chi connectivity index (χ1) is 9.56.